The molecule has 0 aromatic heterocycles. The van der Waals surface area contributed by atoms with Gasteiger partial charge in [0.2, 0.25) is 0 Å². The van der Waals surface area contributed by atoms with Crippen molar-refractivity contribution in [2.45, 2.75) is 94.5 Å². The maximum Gasteiger partial charge on any atom is 0.312 e. The van der Waals surface area contributed by atoms with Gasteiger partial charge in [0.25, 0.3) is 5.69 Å². The summed E-state index contributed by atoms with van der Waals surface area (Å²) in [7, 11) is 0. The van der Waals surface area contributed by atoms with E-state index in [-0.39, 0.29) is 28.7 Å². The van der Waals surface area contributed by atoms with Gasteiger partial charge in [-0.15, -0.1) is 0 Å². The second kappa shape index (κ2) is 15.9. The molecule has 290 valence electrons. The van der Waals surface area contributed by atoms with Gasteiger partial charge in [-0.1, -0.05) is 67.2 Å². The maximum atomic E-state index is 12.1. The van der Waals surface area contributed by atoms with E-state index in [2.05, 4.69) is 31.9 Å². The van der Waals surface area contributed by atoms with Gasteiger partial charge in [0.1, 0.15) is 12.9 Å². The van der Waals surface area contributed by atoms with Crippen molar-refractivity contribution in [1.82, 2.24) is 0 Å². The Morgan fingerprint density at radius 2 is 1.25 bits per heavy atom. The topological polar surface area (TPSA) is 131 Å². The number of halogens is 4. The number of carbonyl (C=O) groups is 1. The molecule has 55 heavy (non-hydrogen) atoms. The van der Waals surface area contributed by atoms with Crippen LogP contribution in [0, 0.1) is 20.2 Å². The number of aldehydes is 1. The van der Waals surface area contributed by atoms with Gasteiger partial charge in [-0.3, -0.25) is 20.2 Å². The minimum atomic E-state index is -0.820. The minimum Gasteiger partial charge on any atom is -0.485 e. The highest BCUT2D eigenvalue weighted by atomic mass is 79.9. The van der Waals surface area contributed by atoms with E-state index in [9.17, 15) is 25.0 Å². The lowest BCUT2D eigenvalue weighted by atomic mass is 9.65. The summed E-state index contributed by atoms with van der Waals surface area (Å²) in [6.07, 6.45) is 4.94. The maximum absolute atomic E-state index is 12.1. The number of fused-ring (bicyclic) bond motifs is 2. The summed E-state index contributed by atoms with van der Waals surface area (Å²) in [4.78, 5) is 34.5. The van der Waals surface area contributed by atoms with E-state index in [1.54, 1.807) is 18.2 Å². The predicted octanol–water partition coefficient (Wildman–Crippen LogP) is 11.4. The van der Waals surface area contributed by atoms with E-state index in [1.807, 2.05) is 70.2 Å². The number of benzene rings is 4. The SMILES string of the molecule is CC1(C)OC([C@]2(c3ccc(Br)cc3[N+](=O)[O-])CCCc3cc(Cl)ccc32)OC1(C)C.O=C[C@]1(COc2ccc(Br)cc2[N+](=O)[O-])CCCc2cc(Cl)ccc21. The molecule has 1 aliphatic heterocycles. The monoisotopic (exact) mass is 916 g/mol. The molecule has 2 atom stereocenters. The second-order valence-corrected chi connectivity index (χ2v) is 17.9. The number of rotatable bonds is 8. The molecule has 1 saturated heterocycles. The van der Waals surface area contributed by atoms with E-state index in [0.717, 1.165) is 54.2 Å². The standard InChI is InChI=1S/C23H25BrClNO4.C18H15BrClNO4/c1-21(2)22(3,4)30-20(29-21)23(18-9-7-15(24)13-19(18)26(27)28)11-5-6-14-12-16(25)8-10-17(14)23;19-13-3-6-17(16(9-13)21(23)24)25-11-18(10-22)7-1-2-12-8-14(20)4-5-15(12)18/h7-10,12-13,20H,5-6,11H2,1-4H3;3-6,8-10H,1-2,7,11H2/t23-;18-/m10/s1. The zero-order valence-electron chi connectivity index (χ0n) is 30.7. The summed E-state index contributed by atoms with van der Waals surface area (Å²) in [6.45, 7) is 8.06. The summed E-state index contributed by atoms with van der Waals surface area (Å²) in [5.74, 6) is 0.149. The Morgan fingerprint density at radius 1 is 0.745 bits per heavy atom. The van der Waals surface area contributed by atoms with Gasteiger partial charge in [-0.05, 0) is 137 Å². The number of carbonyl (C=O) groups excluding carboxylic acids is 1. The summed E-state index contributed by atoms with van der Waals surface area (Å²) in [6, 6.07) is 21.1. The van der Waals surface area contributed by atoms with Crippen LogP contribution in [0.2, 0.25) is 10.0 Å². The van der Waals surface area contributed by atoms with Crippen LogP contribution in [0.1, 0.15) is 81.2 Å². The van der Waals surface area contributed by atoms with Crippen LogP contribution in [0.15, 0.2) is 81.7 Å². The number of nitro groups is 2. The van der Waals surface area contributed by atoms with Crippen molar-refractivity contribution in [3.63, 3.8) is 0 Å². The van der Waals surface area contributed by atoms with Crippen molar-refractivity contribution in [3.05, 3.63) is 140 Å². The van der Waals surface area contributed by atoms with Gasteiger partial charge in [-0.2, -0.15) is 0 Å². The Labute approximate surface area is 346 Å². The Bertz CT molecular complexity index is 2150. The lowest BCUT2D eigenvalue weighted by Crippen LogP contribution is -2.45. The first kappa shape index (κ1) is 41.2. The lowest BCUT2D eigenvalue weighted by molar-refractivity contribution is -0.386. The first-order valence-corrected chi connectivity index (χ1v) is 20.2. The van der Waals surface area contributed by atoms with E-state index >= 15 is 0 Å². The fourth-order valence-electron chi connectivity index (χ4n) is 7.88. The van der Waals surface area contributed by atoms with Crippen molar-refractivity contribution in [3.8, 4) is 5.75 Å². The van der Waals surface area contributed by atoms with Crippen LogP contribution in [0.3, 0.4) is 0 Å². The average Bonchev–Trinajstić information content (AvgIpc) is 3.36. The van der Waals surface area contributed by atoms with Crippen LogP contribution < -0.4 is 4.74 Å². The van der Waals surface area contributed by atoms with Crippen molar-refractivity contribution < 1.29 is 28.9 Å². The van der Waals surface area contributed by atoms with Crippen molar-refractivity contribution in [1.29, 1.82) is 0 Å². The fourth-order valence-corrected chi connectivity index (χ4v) is 8.96. The first-order chi connectivity index (χ1) is 25.9. The zero-order valence-corrected chi connectivity index (χ0v) is 35.4. The molecule has 1 fully saturated rings. The number of nitrogens with zero attached hydrogens (tertiary/aromatic N) is 2. The van der Waals surface area contributed by atoms with Gasteiger partial charge in [0.05, 0.1) is 31.9 Å². The van der Waals surface area contributed by atoms with Gasteiger partial charge in [-0.25, -0.2) is 0 Å². The van der Waals surface area contributed by atoms with Crippen LogP contribution in [0.4, 0.5) is 11.4 Å². The van der Waals surface area contributed by atoms with Crippen LogP contribution in [0.25, 0.3) is 0 Å². The summed E-state index contributed by atoms with van der Waals surface area (Å²) < 4.78 is 20.0. The Morgan fingerprint density at radius 3 is 1.84 bits per heavy atom. The van der Waals surface area contributed by atoms with Crippen LogP contribution in [-0.4, -0.2) is 40.2 Å². The normalized spacial score (nSPS) is 22.4. The van der Waals surface area contributed by atoms with Crippen molar-refractivity contribution in [2.75, 3.05) is 6.61 Å². The molecule has 4 aromatic rings. The molecule has 10 nitrogen and oxygen atoms in total. The lowest BCUT2D eigenvalue weighted by Gasteiger charge is -2.43. The number of hydrogen-bond donors (Lipinski definition) is 0. The molecule has 0 unspecified atom stereocenters. The minimum absolute atomic E-state index is 0.0492. The zero-order chi connectivity index (χ0) is 39.9. The summed E-state index contributed by atoms with van der Waals surface area (Å²) >= 11 is 18.9. The molecule has 2 aliphatic carbocycles. The number of aryl methyl sites for hydroxylation is 2. The van der Waals surface area contributed by atoms with Gasteiger partial charge in [0.15, 0.2) is 12.0 Å². The fraction of sp³-hybridized carbons (Fsp3) is 0.390. The molecular formula is C41H40Br2Cl2N2O8. The third-order valence-electron chi connectivity index (χ3n) is 11.4. The molecule has 0 saturated carbocycles. The molecular weight excluding hydrogens is 879 g/mol. The molecule has 0 radical (unpaired) electrons. The third kappa shape index (κ3) is 7.95. The number of nitro benzene ring substituents is 2. The Balaban J connectivity index is 0.000000190. The van der Waals surface area contributed by atoms with Gasteiger partial charge in [0, 0.05) is 36.7 Å². The molecule has 0 N–H and O–H groups in total. The summed E-state index contributed by atoms with van der Waals surface area (Å²) in [5, 5.41) is 24.6. The van der Waals surface area contributed by atoms with Crippen LogP contribution in [-0.2, 0) is 37.9 Å². The first-order valence-electron chi connectivity index (χ1n) is 17.8. The van der Waals surface area contributed by atoms with Crippen molar-refractivity contribution >= 4 is 72.7 Å². The van der Waals surface area contributed by atoms with Crippen LogP contribution in [0.5, 0.6) is 5.75 Å². The second-order valence-electron chi connectivity index (χ2n) is 15.2. The third-order valence-corrected chi connectivity index (χ3v) is 12.8. The number of hydrogen-bond acceptors (Lipinski definition) is 8. The van der Waals surface area contributed by atoms with E-state index < -0.39 is 33.2 Å². The highest BCUT2D eigenvalue weighted by Crippen LogP contribution is 2.55. The molecule has 1 heterocycles. The summed E-state index contributed by atoms with van der Waals surface area (Å²) in [5.41, 5.74) is 1.77. The smallest absolute Gasteiger partial charge is 0.312 e. The van der Waals surface area contributed by atoms with Gasteiger partial charge < -0.3 is 19.0 Å². The largest absolute Gasteiger partial charge is 0.485 e. The highest BCUT2D eigenvalue weighted by molar-refractivity contribution is 9.10. The van der Waals surface area contributed by atoms with Crippen LogP contribution >= 0.6 is 55.1 Å². The Hall–Kier alpha value is -3.39. The molecule has 3 aliphatic rings. The number of ether oxygens (including phenoxy) is 3. The quantitative estimate of drug-likeness (QED) is 0.0970. The highest BCUT2D eigenvalue weighted by Gasteiger charge is 2.59. The van der Waals surface area contributed by atoms with Crippen molar-refractivity contribution in [2.24, 2.45) is 0 Å². The van der Waals surface area contributed by atoms with Gasteiger partial charge >= 0.3 is 5.69 Å². The molecule has 4 aromatic carbocycles. The molecule has 0 spiro atoms. The molecule has 0 amide bonds. The average molecular weight is 919 g/mol. The van der Waals surface area contributed by atoms with E-state index in [1.165, 1.54) is 12.1 Å². The van der Waals surface area contributed by atoms with E-state index in [4.69, 9.17) is 37.4 Å². The molecule has 14 heteroatoms. The Kier molecular flexibility index (Phi) is 11.9. The predicted molar refractivity (Wildman–Crippen MR) is 219 cm³/mol. The van der Waals surface area contributed by atoms with E-state index in [0.29, 0.717) is 37.4 Å². The molecule has 0 bridgehead atoms. The molecule has 7 rings (SSSR count).